The molecule has 0 bridgehead atoms. The highest BCUT2D eigenvalue weighted by molar-refractivity contribution is 14.0. The van der Waals surface area contributed by atoms with Crippen molar-refractivity contribution in [1.29, 1.82) is 0 Å². The molecule has 0 aliphatic carbocycles. The number of aryl methyl sites for hydroxylation is 1. The van der Waals surface area contributed by atoms with Crippen LogP contribution in [0.4, 0.5) is 0 Å². The molecule has 2 rings (SSSR count). The van der Waals surface area contributed by atoms with Crippen molar-refractivity contribution in [3.8, 4) is 5.75 Å². The van der Waals surface area contributed by atoms with Crippen molar-refractivity contribution in [3.63, 3.8) is 0 Å². The van der Waals surface area contributed by atoms with E-state index in [2.05, 4.69) is 52.8 Å². The zero-order valence-electron chi connectivity index (χ0n) is 17.9. The Kier molecular flexibility index (Phi) is 12.4. The van der Waals surface area contributed by atoms with Gasteiger partial charge in [0.25, 0.3) is 0 Å². The first-order valence-electron chi connectivity index (χ1n) is 9.84. The molecule has 0 fully saturated rings. The number of guanidine groups is 1. The Balaban J connectivity index is 0.00000420. The summed E-state index contributed by atoms with van der Waals surface area (Å²) in [6, 6.07) is 8.18. The van der Waals surface area contributed by atoms with Gasteiger partial charge in [0.15, 0.2) is 5.96 Å². The lowest BCUT2D eigenvalue weighted by Gasteiger charge is -2.17. The van der Waals surface area contributed by atoms with Gasteiger partial charge in [-0.25, -0.2) is 0 Å². The van der Waals surface area contributed by atoms with Crippen molar-refractivity contribution in [3.05, 3.63) is 47.8 Å². The molecule has 0 saturated heterocycles. The Morgan fingerprint density at radius 2 is 2.10 bits per heavy atom. The highest BCUT2D eigenvalue weighted by Gasteiger charge is 2.08. The molecule has 0 spiro atoms. The number of benzene rings is 1. The second-order valence-electron chi connectivity index (χ2n) is 6.80. The third-order valence-electron chi connectivity index (χ3n) is 4.26. The molecule has 1 aromatic heterocycles. The zero-order chi connectivity index (χ0) is 20.2. The molecule has 162 valence electrons. The summed E-state index contributed by atoms with van der Waals surface area (Å²) in [6.07, 6.45) is 3.78. The van der Waals surface area contributed by atoms with E-state index < -0.39 is 0 Å². The van der Waals surface area contributed by atoms with E-state index in [9.17, 15) is 0 Å². The molecule has 8 heteroatoms. The van der Waals surface area contributed by atoms with Gasteiger partial charge in [-0.05, 0) is 37.5 Å². The summed E-state index contributed by atoms with van der Waals surface area (Å²) in [5, 5.41) is 11.0. The fraction of sp³-hybridized carbons (Fsp3) is 0.524. The Hall–Kier alpha value is -1.81. The predicted octanol–water partition coefficient (Wildman–Crippen LogP) is 3.23. The highest BCUT2D eigenvalue weighted by Crippen LogP contribution is 2.20. The topological polar surface area (TPSA) is 72.7 Å². The Morgan fingerprint density at radius 1 is 1.28 bits per heavy atom. The summed E-state index contributed by atoms with van der Waals surface area (Å²) in [4.78, 5) is 4.32. The summed E-state index contributed by atoms with van der Waals surface area (Å²) in [5.74, 6) is 2.08. The molecular formula is C21H34IN5O2. The second kappa shape index (κ2) is 14.2. The monoisotopic (exact) mass is 515 g/mol. The van der Waals surface area contributed by atoms with Crippen LogP contribution in [0.25, 0.3) is 0 Å². The average Bonchev–Trinajstić information content (AvgIpc) is 3.19. The molecule has 1 heterocycles. The molecule has 2 aromatic rings. The molecule has 0 saturated carbocycles. The van der Waals surface area contributed by atoms with E-state index in [1.807, 2.05) is 23.9 Å². The van der Waals surface area contributed by atoms with Crippen LogP contribution in [0.1, 0.15) is 25.0 Å². The minimum Gasteiger partial charge on any atom is -0.491 e. The third-order valence-corrected chi connectivity index (χ3v) is 4.26. The summed E-state index contributed by atoms with van der Waals surface area (Å²) in [7, 11) is 1.78. The number of ether oxygens (including phenoxy) is 2. The average molecular weight is 515 g/mol. The van der Waals surface area contributed by atoms with E-state index in [-0.39, 0.29) is 24.0 Å². The van der Waals surface area contributed by atoms with Crippen LogP contribution in [0.5, 0.6) is 5.75 Å². The van der Waals surface area contributed by atoms with Gasteiger partial charge in [0.1, 0.15) is 12.4 Å². The van der Waals surface area contributed by atoms with E-state index >= 15 is 0 Å². The predicted molar refractivity (Wildman–Crippen MR) is 128 cm³/mol. The van der Waals surface area contributed by atoms with Gasteiger partial charge in [0.2, 0.25) is 0 Å². The molecule has 29 heavy (non-hydrogen) atoms. The van der Waals surface area contributed by atoms with Gasteiger partial charge in [-0.2, -0.15) is 5.10 Å². The van der Waals surface area contributed by atoms with Crippen molar-refractivity contribution in [2.45, 2.75) is 33.9 Å². The van der Waals surface area contributed by atoms with Gasteiger partial charge >= 0.3 is 0 Å². The van der Waals surface area contributed by atoms with Gasteiger partial charge in [-0.3, -0.25) is 9.67 Å². The number of nitrogens with zero attached hydrogens (tertiary/aromatic N) is 3. The second-order valence-corrected chi connectivity index (χ2v) is 6.80. The number of hydrogen-bond acceptors (Lipinski definition) is 4. The summed E-state index contributed by atoms with van der Waals surface area (Å²) in [6.45, 7) is 10.4. The Labute approximate surface area is 191 Å². The van der Waals surface area contributed by atoms with Crippen LogP contribution in [0.15, 0.2) is 41.7 Å². The van der Waals surface area contributed by atoms with Gasteiger partial charge in [0.05, 0.1) is 6.61 Å². The Morgan fingerprint density at radius 3 is 2.79 bits per heavy atom. The molecule has 1 aromatic carbocycles. The van der Waals surface area contributed by atoms with Crippen LogP contribution >= 0.6 is 24.0 Å². The van der Waals surface area contributed by atoms with Gasteiger partial charge in [-0.1, -0.05) is 19.1 Å². The first-order chi connectivity index (χ1) is 13.6. The van der Waals surface area contributed by atoms with E-state index in [4.69, 9.17) is 9.47 Å². The molecule has 0 amide bonds. The molecular weight excluding hydrogens is 481 g/mol. The van der Waals surface area contributed by atoms with E-state index in [0.717, 1.165) is 30.4 Å². The summed E-state index contributed by atoms with van der Waals surface area (Å²) >= 11 is 0. The quantitative estimate of drug-likeness (QED) is 0.208. The van der Waals surface area contributed by atoms with Crippen molar-refractivity contribution in [2.75, 3.05) is 33.4 Å². The molecule has 2 N–H and O–H groups in total. The number of aromatic nitrogens is 2. The molecule has 7 nitrogen and oxygen atoms in total. The van der Waals surface area contributed by atoms with Crippen LogP contribution in [-0.4, -0.2) is 49.2 Å². The van der Waals surface area contributed by atoms with Crippen LogP contribution in [0.2, 0.25) is 0 Å². The SMILES string of the molecule is CCOCCOc1cc(C)ccc1CNC(=NC)NCC(C)Cn1cccn1.I. The lowest BCUT2D eigenvalue weighted by atomic mass is 10.1. The van der Waals surface area contributed by atoms with Crippen LogP contribution in [0.3, 0.4) is 0 Å². The number of aliphatic imine (C=N–C) groups is 1. The number of hydrogen-bond donors (Lipinski definition) is 2. The number of halogens is 1. The lowest BCUT2D eigenvalue weighted by molar-refractivity contribution is 0.110. The minimum atomic E-state index is 0. The van der Waals surface area contributed by atoms with Gasteiger partial charge < -0.3 is 20.1 Å². The van der Waals surface area contributed by atoms with Crippen LogP contribution in [-0.2, 0) is 17.8 Å². The highest BCUT2D eigenvalue weighted by atomic mass is 127. The third kappa shape index (κ3) is 9.49. The van der Waals surface area contributed by atoms with Gasteiger partial charge in [-0.15, -0.1) is 24.0 Å². The van der Waals surface area contributed by atoms with E-state index in [0.29, 0.717) is 32.3 Å². The van der Waals surface area contributed by atoms with E-state index in [1.54, 1.807) is 13.2 Å². The fourth-order valence-corrected chi connectivity index (χ4v) is 2.76. The molecule has 0 aliphatic rings. The van der Waals surface area contributed by atoms with Crippen LogP contribution < -0.4 is 15.4 Å². The molecule has 0 aliphatic heterocycles. The zero-order valence-corrected chi connectivity index (χ0v) is 20.2. The van der Waals surface area contributed by atoms with Crippen LogP contribution in [0, 0.1) is 12.8 Å². The van der Waals surface area contributed by atoms with E-state index in [1.165, 1.54) is 5.56 Å². The smallest absolute Gasteiger partial charge is 0.191 e. The standard InChI is InChI=1S/C21H33N5O2.HI/c1-5-27-11-12-28-20-13-17(2)7-8-19(20)15-24-21(22-4)23-14-18(3)16-26-10-6-9-25-26;/h6-10,13,18H,5,11-12,14-16H2,1-4H3,(H2,22,23,24);1H. The minimum absolute atomic E-state index is 0. The van der Waals surface area contributed by atoms with Crippen molar-refractivity contribution in [2.24, 2.45) is 10.9 Å². The summed E-state index contributed by atoms with van der Waals surface area (Å²) < 4.78 is 13.2. The van der Waals surface area contributed by atoms with Gasteiger partial charge in [0, 0.05) is 51.2 Å². The largest absolute Gasteiger partial charge is 0.491 e. The maximum absolute atomic E-state index is 5.91. The molecule has 1 atom stereocenters. The number of rotatable bonds is 11. The molecule has 0 radical (unpaired) electrons. The van der Waals surface area contributed by atoms with Crippen molar-refractivity contribution >= 4 is 29.9 Å². The molecule has 1 unspecified atom stereocenters. The number of nitrogens with one attached hydrogen (secondary N) is 2. The Bertz CT molecular complexity index is 722. The lowest BCUT2D eigenvalue weighted by Crippen LogP contribution is -2.39. The van der Waals surface area contributed by atoms with Crippen molar-refractivity contribution < 1.29 is 9.47 Å². The maximum Gasteiger partial charge on any atom is 0.191 e. The summed E-state index contributed by atoms with van der Waals surface area (Å²) in [5.41, 5.74) is 2.26. The normalized spacial score (nSPS) is 12.2. The fourth-order valence-electron chi connectivity index (χ4n) is 2.76. The first kappa shape index (κ1) is 25.2. The maximum atomic E-state index is 5.91. The first-order valence-corrected chi connectivity index (χ1v) is 9.84. The van der Waals surface area contributed by atoms with Crippen molar-refractivity contribution in [1.82, 2.24) is 20.4 Å².